The Bertz CT molecular complexity index is 560. The number of hydrogen-bond donors (Lipinski definition) is 1. The minimum absolute atomic E-state index is 0.0657. The van der Waals surface area contributed by atoms with Crippen molar-refractivity contribution >= 4 is 22.9 Å². The second-order valence-corrected chi connectivity index (χ2v) is 5.51. The van der Waals surface area contributed by atoms with E-state index in [9.17, 15) is 4.79 Å². The van der Waals surface area contributed by atoms with Crippen molar-refractivity contribution in [2.75, 3.05) is 25.2 Å². The lowest BCUT2D eigenvalue weighted by Gasteiger charge is -2.12. The van der Waals surface area contributed by atoms with Crippen LogP contribution in [-0.2, 0) is 4.74 Å². The van der Waals surface area contributed by atoms with E-state index in [1.165, 1.54) is 11.3 Å². The van der Waals surface area contributed by atoms with Gasteiger partial charge in [0.25, 0.3) is 5.91 Å². The van der Waals surface area contributed by atoms with Crippen LogP contribution in [0.25, 0.3) is 0 Å². The summed E-state index contributed by atoms with van der Waals surface area (Å²) in [5, 5.41) is 7.52. The van der Waals surface area contributed by atoms with Crippen molar-refractivity contribution in [1.29, 1.82) is 0 Å². The Morgan fingerprint density at radius 3 is 3.16 bits per heavy atom. The smallest absolute Gasteiger partial charge is 0.269 e. The van der Waals surface area contributed by atoms with Crippen molar-refractivity contribution in [2.24, 2.45) is 0 Å². The minimum atomic E-state index is -0.0657. The molecule has 1 N–H and O–H groups in total. The lowest BCUT2D eigenvalue weighted by Crippen LogP contribution is -2.24. The molecule has 100 valence electrons. The summed E-state index contributed by atoms with van der Waals surface area (Å²) in [6.45, 7) is 1.49. The standard InChI is InChI=1S/C12H14N4O2S/c1-16(9-4-14-15-5-9)12(17)10-6-13-11(19-10)8-2-3-18-7-8/h4-6,8H,2-3,7H2,1H3,(H,14,15). The zero-order chi connectivity index (χ0) is 13.2. The summed E-state index contributed by atoms with van der Waals surface area (Å²) in [5.41, 5.74) is 0.740. The molecule has 1 amide bonds. The Hall–Kier alpha value is -1.73. The molecule has 1 fully saturated rings. The number of nitrogens with zero attached hydrogens (tertiary/aromatic N) is 3. The first-order valence-electron chi connectivity index (χ1n) is 6.06. The van der Waals surface area contributed by atoms with E-state index in [0.717, 1.165) is 23.7 Å². The van der Waals surface area contributed by atoms with Gasteiger partial charge in [-0.15, -0.1) is 11.3 Å². The van der Waals surface area contributed by atoms with Crippen LogP contribution in [0, 0.1) is 0 Å². The molecule has 1 aliphatic rings. The Labute approximate surface area is 114 Å². The van der Waals surface area contributed by atoms with E-state index in [0.29, 0.717) is 17.4 Å². The maximum absolute atomic E-state index is 12.3. The Morgan fingerprint density at radius 1 is 1.58 bits per heavy atom. The number of aromatic nitrogens is 3. The maximum Gasteiger partial charge on any atom is 0.269 e. The van der Waals surface area contributed by atoms with Crippen LogP contribution in [0.15, 0.2) is 18.6 Å². The second kappa shape index (κ2) is 5.10. The van der Waals surface area contributed by atoms with Gasteiger partial charge >= 0.3 is 0 Å². The van der Waals surface area contributed by atoms with Crippen molar-refractivity contribution in [3.8, 4) is 0 Å². The number of thiazole rings is 1. The van der Waals surface area contributed by atoms with Gasteiger partial charge in [0.2, 0.25) is 0 Å². The first kappa shape index (κ1) is 12.3. The highest BCUT2D eigenvalue weighted by Gasteiger charge is 2.23. The van der Waals surface area contributed by atoms with Crippen LogP contribution in [-0.4, -0.2) is 41.3 Å². The van der Waals surface area contributed by atoms with Crippen LogP contribution in [0.2, 0.25) is 0 Å². The monoisotopic (exact) mass is 278 g/mol. The average Bonchev–Trinajstić information content (AvgIpc) is 3.16. The van der Waals surface area contributed by atoms with E-state index in [2.05, 4.69) is 15.2 Å². The quantitative estimate of drug-likeness (QED) is 0.926. The third kappa shape index (κ3) is 2.39. The fourth-order valence-corrected chi connectivity index (χ4v) is 3.03. The number of carbonyl (C=O) groups is 1. The van der Waals surface area contributed by atoms with Crippen LogP contribution >= 0.6 is 11.3 Å². The van der Waals surface area contributed by atoms with E-state index < -0.39 is 0 Å². The van der Waals surface area contributed by atoms with E-state index in [1.54, 1.807) is 30.5 Å². The van der Waals surface area contributed by atoms with Gasteiger partial charge in [-0.05, 0) is 6.42 Å². The molecular formula is C12H14N4O2S. The SMILES string of the molecule is CN(C(=O)c1cnc(C2CCOC2)s1)c1cn[nH]c1. The van der Waals surface area contributed by atoms with Gasteiger partial charge in [0.15, 0.2) is 0 Å². The average molecular weight is 278 g/mol. The van der Waals surface area contributed by atoms with E-state index >= 15 is 0 Å². The summed E-state index contributed by atoms with van der Waals surface area (Å²) < 4.78 is 5.35. The van der Waals surface area contributed by atoms with Gasteiger partial charge in [-0.25, -0.2) is 4.98 Å². The molecule has 1 atom stereocenters. The molecule has 0 saturated carbocycles. The van der Waals surface area contributed by atoms with E-state index in [4.69, 9.17) is 4.74 Å². The zero-order valence-electron chi connectivity index (χ0n) is 10.5. The summed E-state index contributed by atoms with van der Waals surface area (Å²) in [4.78, 5) is 18.9. The molecule has 19 heavy (non-hydrogen) atoms. The third-order valence-corrected chi connectivity index (χ3v) is 4.34. The fraction of sp³-hybridized carbons (Fsp3) is 0.417. The minimum Gasteiger partial charge on any atom is -0.381 e. The van der Waals surface area contributed by atoms with Crippen molar-refractivity contribution < 1.29 is 9.53 Å². The highest BCUT2D eigenvalue weighted by Crippen LogP contribution is 2.29. The van der Waals surface area contributed by atoms with Crippen LogP contribution in [0.3, 0.4) is 0 Å². The molecule has 1 unspecified atom stereocenters. The molecule has 2 aromatic heterocycles. The Morgan fingerprint density at radius 2 is 2.47 bits per heavy atom. The number of hydrogen-bond acceptors (Lipinski definition) is 5. The summed E-state index contributed by atoms with van der Waals surface area (Å²) in [6, 6.07) is 0. The molecule has 2 aromatic rings. The highest BCUT2D eigenvalue weighted by molar-refractivity contribution is 7.13. The summed E-state index contributed by atoms with van der Waals surface area (Å²) >= 11 is 1.45. The molecule has 6 nitrogen and oxygen atoms in total. The molecule has 0 aromatic carbocycles. The lowest BCUT2D eigenvalue weighted by atomic mass is 10.1. The van der Waals surface area contributed by atoms with Crippen molar-refractivity contribution in [3.63, 3.8) is 0 Å². The molecular weight excluding hydrogens is 264 g/mol. The van der Waals surface area contributed by atoms with Crippen molar-refractivity contribution in [1.82, 2.24) is 15.2 Å². The molecule has 0 spiro atoms. The van der Waals surface area contributed by atoms with Gasteiger partial charge in [0.1, 0.15) is 4.88 Å². The Balaban J connectivity index is 1.76. The maximum atomic E-state index is 12.3. The van der Waals surface area contributed by atoms with Gasteiger partial charge in [-0.2, -0.15) is 5.10 Å². The topological polar surface area (TPSA) is 71.1 Å². The van der Waals surface area contributed by atoms with Crippen LogP contribution < -0.4 is 4.90 Å². The summed E-state index contributed by atoms with van der Waals surface area (Å²) in [7, 11) is 1.73. The summed E-state index contributed by atoms with van der Waals surface area (Å²) in [5.74, 6) is 0.273. The predicted molar refractivity (Wildman–Crippen MR) is 71.6 cm³/mol. The fourth-order valence-electron chi connectivity index (χ4n) is 2.01. The number of carbonyl (C=O) groups excluding carboxylic acids is 1. The zero-order valence-corrected chi connectivity index (χ0v) is 11.3. The number of rotatable bonds is 3. The van der Waals surface area contributed by atoms with Gasteiger partial charge in [-0.1, -0.05) is 0 Å². The van der Waals surface area contributed by atoms with Crippen LogP contribution in [0.5, 0.6) is 0 Å². The first-order valence-corrected chi connectivity index (χ1v) is 6.87. The van der Waals surface area contributed by atoms with Gasteiger partial charge in [0.05, 0.1) is 29.7 Å². The summed E-state index contributed by atoms with van der Waals surface area (Å²) in [6.07, 6.45) is 5.94. The number of nitrogens with one attached hydrogen (secondary N) is 1. The third-order valence-electron chi connectivity index (χ3n) is 3.19. The van der Waals surface area contributed by atoms with Gasteiger partial charge < -0.3 is 9.64 Å². The largest absolute Gasteiger partial charge is 0.381 e. The van der Waals surface area contributed by atoms with Crippen LogP contribution in [0.1, 0.15) is 27.0 Å². The number of ether oxygens (including phenoxy) is 1. The molecule has 1 saturated heterocycles. The van der Waals surface area contributed by atoms with Gasteiger partial charge in [0, 0.05) is 25.8 Å². The number of amides is 1. The molecule has 0 bridgehead atoms. The highest BCUT2D eigenvalue weighted by atomic mass is 32.1. The molecule has 0 radical (unpaired) electrons. The molecule has 3 heterocycles. The number of H-pyrrole nitrogens is 1. The van der Waals surface area contributed by atoms with Gasteiger partial charge in [-0.3, -0.25) is 9.89 Å². The van der Waals surface area contributed by atoms with E-state index in [-0.39, 0.29) is 5.91 Å². The second-order valence-electron chi connectivity index (χ2n) is 4.44. The lowest BCUT2D eigenvalue weighted by molar-refractivity contribution is 0.0996. The van der Waals surface area contributed by atoms with E-state index in [1.807, 2.05) is 0 Å². The number of aromatic amines is 1. The molecule has 3 rings (SSSR count). The molecule has 7 heteroatoms. The van der Waals surface area contributed by atoms with Crippen molar-refractivity contribution in [3.05, 3.63) is 28.5 Å². The normalized spacial score (nSPS) is 18.7. The predicted octanol–water partition coefficient (Wildman–Crippen LogP) is 1.65. The Kier molecular flexibility index (Phi) is 3.31. The first-order chi connectivity index (χ1) is 9.25. The van der Waals surface area contributed by atoms with Crippen molar-refractivity contribution in [2.45, 2.75) is 12.3 Å². The van der Waals surface area contributed by atoms with Crippen LogP contribution in [0.4, 0.5) is 5.69 Å². The molecule has 1 aliphatic heterocycles. The molecule has 0 aliphatic carbocycles. The number of anilines is 1.